The van der Waals surface area contributed by atoms with Crippen molar-refractivity contribution < 1.29 is 4.79 Å². The molecule has 0 atom stereocenters. The van der Waals surface area contributed by atoms with E-state index in [1.807, 2.05) is 0 Å². The molecule has 0 bridgehead atoms. The highest BCUT2D eigenvalue weighted by Crippen LogP contribution is 2.23. The van der Waals surface area contributed by atoms with Gasteiger partial charge >= 0.3 is 0 Å². The van der Waals surface area contributed by atoms with Gasteiger partial charge in [0.05, 0.1) is 0 Å². The van der Waals surface area contributed by atoms with Crippen molar-refractivity contribution in [2.45, 2.75) is 78.7 Å². The van der Waals surface area contributed by atoms with Gasteiger partial charge in [0.25, 0.3) is 0 Å². The summed E-state index contributed by atoms with van der Waals surface area (Å²) in [6.45, 7) is 13.8. The molecule has 3 heterocycles. The van der Waals surface area contributed by atoms with Crippen LogP contribution in [0.4, 0.5) is 11.8 Å². The van der Waals surface area contributed by atoms with E-state index in [-0.39, 0.29) is 5.91 Å². The van der Waals surface area contributed by atoms with Gasteiger partial charge in [-0.15, -0.1) is 0 Å². The van der Waals surface area contributed by atoms with E-state index < -0.39 is 0 Å². The summed E-state index contributed by atoms with van der Waals surface area (Å²) in [5.41, 5.74) is 1.88. The average Bonchev–Trinajstić information content (AvgIpc) is 3.19. The van der Waals surface area contributed by atoms with Crippen molar-refractivity contribution in [3.05, 3.63) is 12.1 Å². The fourth-order valence-corrected chi connectivity index (χ4v) is 4.60. The first-order valence-electron chi connectivity index (χ1n) is 13.4. The minimum atomic E-state index is -0.0117. The van der Waals surface area contributed by atoms with E-state index in [4.69, 9.17) is 9.97 Å². The molecule has 8 nitrogen and oxygen atoms in total. The highest BCUT2D eigenvalue weighted by Gasteiger charge is 2.16. The van der Waals surface area contributed by atoms with Gasteiger partial charge in [0.2, 0.25) is 11.9 Å². The third kappa shape index (κ3) is 7.86. The molecule has 2 aromatic heterocycles. The lowest BCUT2D eigenvalue weighted by atomic mass is 10.1. The monoisotopic (exact) mass is 471 g/mol. The van der Waals surface area contributed by atoms with Crippen LogP contribution in [0.3, 0.4) is 0 Å². The summed E-state index contributed by atoms with van der Waals surface area (Å²) in [5.74, 6) is 1.89. The number of imidazole rings is 1. The van der Waals surface area contributed by atoms with Gasteiger partial charge in [-0.25, -0.2) is 9.97 Å². The molecule has 34 heavy (non-hydrogen) atoms. The molecule has 2 aromatic rings. The number of piperidine rings is 1. The lowest BCUT2D eigenvalue weighted by Gasteiger charge is -2.26. The molecule has 0 unspecified atom stereocenters. The number of carbonyl (C=O) groups is 1. The molecule has 8 heteroatoms. The number of aryl methyl sites for hydroxylation is 1. The van der Waals surface area contributed by atoms with Crippen LogP contribution in [0.5, 0.6) is 0 Å². The van der Waals surface area contributed by atoms with Crippen molar-refractivity contribution in [2.75, 3.05) is 56.0 Å². The number of anilines is 2. The number of pyridine rings is 1. The number of rotatable bonds is 15. The van der Waals surface area contributed by atoms with Gasteiger partial charge in [0, 0.05) is 39.6 Å². The van der Waals surface area contributed by atoms with Gasteiger partial charge in [0.1, 0.15) is 11.3 Å². The first kappa shape index (κ1) is 26.3. The smallest absolute Gasteiger partial charge is 0.216 e. The molecule has 0 aromatic carbocycles. The summed E-state index contributed by atoms with van der Waals surface area (Å²) in [6.07, 6.45) is 9.80. The van der Waals surface area contributed by atoms with Gasteiger partial charge in [0.15, 0.2) is 5.65 Å². The van der Waals surface area contributed by atoms with Crippen LogP contribution in [0.25, 0.3) is 11.2 Å². The van der Waals surface area contributed by atoms with Crippen LogP contribution in [0.1, 0.15) is 72.1 Å². The number of fused-ring (bicyclic) bond motifs is 1. The van der Waals surface area contributed by atoms with Crippen LogP contribution in [-0.2, 0) is 11.3 Å². The first-order valence-corrected chi connectivity index (χ1v) is 13.4. The maximum absolute atomic E-state index is 11.2. The Hall–Kier alpha value is -2.35. The number of nitrogens with one attached hydrogen (secondary N) is 2. The molecule has 1 saturated heterocycles. The maximum Gasteiger partial charge on any atom is 0.216 e. The third-order valence-electron chi connectivity index (χ3n) is 6.55. The fraction of sp³-hybridized carbons (Fsp3) is 0.731. The zero-order valence-corrected chi connectivity index (χ0v) is 21.6. The molecule has 0 radical (unpaired) electrons. The Morgan fingerprint density at radius 2 is 1.71 bits per heavy atom. The molecule has 2 N–H and O–H groups in total. The number of carbonyl (C=O) groups excluding carboxylic acids is 1. The molecule has 1 amide bonds. The minimum absolute atomic E-state index is 0.0117. The van der Waals surface area contributed by atoms with Gasteiger partial charge in [-0.2, -0.15) is 0 Å². The maximum atomic E-state index is 11.2. The lowest BCUT2D eigenvalue weighted by molar-refractivity contribution is -0.118. The lowest BCUT2D eigenvalue weighted by Crippen LogP contribution is -2.31. The van der Waals surface area contributed by atoms with E-state index in [0.717, 1.165) is 55.5 Å². The van der Waals surface area contributed by atoms with Crippen molar-refractivity contribution in [2.24, 2.45) is 0 Å². The predicted molar refractivity (Wildman–Crippen MR) is 142 cm³/mol. The van der Waals surface area contributed by atoms with Crippen LogP contribution in [0, 0.1) is 0 Å². The topological polar surface area (TPSA) is 78.3 Å². The standard InChI is InChI=1S/C26H45N7O/c1-4-6-19-32(20-7-5-2)24-13-12-23-25(30-24)33(21-11-18-31-16-9-8-10-17-31)26(29-23)28-15-14-27-22(3)34/h12-13H,4-11,14-21H2,1-3H3,(H,27,34)(H,28,29). The Morgan fingerprint density at radius 3 is 2.38 bits per heavy atom. The van der Waals surface area contributed by atoms with Crippen LogP contribution in [-0.4, -0.2) is 71.2 Å². The Bertz CT molecular complexity index is 867. The normalized spacial score (nSPS) is 14.4. The molecule has 0 aliphatic carbocycles. The fourth-order valence-electron chi connectivity index (χ4n) is 4.60. The van der Waals surface area contributed by atoms with Crippen molar-refractivity contribution in [3.8, 4) is 0 Å². The molecule has 1 aliphatic heterocycles. The van der Waals surface area contributed by atoms with Crippen molar-refractivity contribution in [3.63, 3.8) is 0 Å². The van der Waals surface area contributed by atoms with Crippen LogP contribution in [0.15, 0.2) is 12.1 Å². The Morgan fingerprint density at radius 1 is 0.971 bits per heavy atom. The molecule has 1 aliphatic rings. The number of nitrogens with zero attached hydrogens (tertiary/aromatic N) is 5. The average molecular weight is 472 g/mol. The molecule has 3 rings (SSSR count). The molecular weight excluding hydrogens is 426 g/mol. The number of hydrogen-bond donors (Lipinski definition) is 2. The Labute approximate surface area is 205 Å². The Balaban J connectivity index is 1.79. The molecule has 1 fully saturated rings. The molecule has 0 spiro atoms. The summed E-state index contributed by atoms with van der Waals surface area (Å²) in [6, 6.07) is 4.24. The number of hydrogen-bond acceptors (Lipinski definition) is 6. The van der Waals surface area contributed by atoms with Gasteiger partial charge in [-0.1, -0.05) is 33.1 Å². The van der Waals surface area contributed by atoms with E-state index in [0.29, 0.717) is 13.1 Å². The summed E-state index contributed by atoms with van der Waals surface area (Å²) in [5, 5.41) is 6.28. The number of likely N-dealkylation sites (tertiary alicyclic amines) is 1. The summed E-state index contributed by atoms with van der Waals surface area (Å²) >= 11 is 0. The van der Waals surface area contributed by atoms with E-state index in [2.05, 4.69) is 51.0 Å². The largest absolute Gasteiger partial charge is 0.357 e. The second kappa shape index (κ2) is 14.1. The zero-order chi connectivity index (χ0) is 24.2. The number of aromatic nitrogens is 3. The van der Waals surface area contributed by atoms with Crippen LogP contribution in [0.2, 0.25) is 0 Å². The van der Waals surface area contributed by atoms with E-state index in [9.17, 15) is 4.79 Å². The van der Waals surface area contributed by atoms with E-state index in [1.54, 1.807) is 6.92 Å². The SMILES string of the molecule is CCCCN(CCCC)c1ccc2nc(NCCNC(C)=O)n(CCCN3CCCCC3)c2n1. The molecular formula is C26H45N7O. The highest BCUT2D eigenvalue weighted by atomic mass is 16.1. The van der Waals surface area contributed by atoms with Crippen molar-refractivity contribution in [1.29, 1.82) is 0 Å². The second-order valence-electron chi connectivity index (χ2n) is 9.46. The first-order chi connectivity index (χ1) is 16.6. The van der Waals surface area contributed by atoms with Crippen molar-refractivity contribution >= 4 is 28.8 Å². The van der Waals surface area contributed by atoms with Crippen molar-refractivity contribution in [1.82, 2.24) is 24.8 Å². The van der Waals surface area contributed by atoms with Crippen LogP contribution >= 0.6 is 0 Å². The summed E-state index contributed by atoms with van der Waals surface area (Å²) < 4.78 is 2.24. The molecule has 190 valence electrons. The van der Waals surface area contributed by atoms with Gasteiger partial charge in [-0.3, -0.25) is 9.36 Å². The highest BCUT2D eigenvalue weighted by molar-refractivity contribution is 5.77. The summed E-state index contributed by atoms with van der Waals surface area (Å²) in [4.78, 5) is 26.2. The Kier molecular flexibility index (Phi) is 10.9. The third-order valence-corrected chi connectivity index (χ3v) is 6.55. The number of amides is 1. The van der Waals surface area contributed by atoms with Gasteiger partial charge in [-0.05, 0) is 63.9 Å². The van der Waals surface area contributed by atoms with E-state index >= 15 is 0 Å². The second-order valence-corrected chi connectivity index (χ2v) is 9.46. The van der Waals surface area contributed by atoms with E-state index in [1.165, 1.54) is 58.0 Å². The predicted octanol–water partition coefficient (Wildman–Crippen LogP) is 4.26. The van der Waals surface area contributed by atoms with Gasteiger partial charge < -0.3 is 20.4 Å². The summed E-state index contributed by atoms with van der Waals surface area (Å²) in [7, 11) is 0. The minimum Gasteiger partial charge on any atom is -0.357 e. The quantitative estimate of drug-likeness (QED) is 0.378. The van der Waals surface area contributed by atoms with Crippen LogP contribution < -0.4 is 15.5 Å². The molecule has 0 saturated carbocycles. The zero-order valence-electron chi connectivity index (χ0n) is 21.6. The number of unbranched alkanes of at least 4 members (excludes halogenated alkanes) is 2.